The average molecular weight is 444 g/mol. The van der Waals surface area contributed by atoms with E-state index < -0.39 is 10.0 Å². The maximum absolute atomic E-state index is 13.3. The number of nitrogens with one attached hydrogen (secondary N) is 1. The number of amides is 2. The molecule has 0 radical (unpaired) electrons. The number of ether oxygens (including phenoxy) is 1. The second-order valence-electron chi connectivity index (χ2n) is 8.03. The molecule has 166 valence electrons. The van der Waals surface area contributed by atoms with Crippen LogP contribution in [0, 0.1) is 6.92 Å². The number of hydrogen-bond acceptors (Lipinski definition) is 4. The van der Waals surface area contributed by atoms with E-state index in [1.165, 1.54) is 4.31 Å². The van der Waals surface area contributed by atoms with Crippen LogP contribution in [-0.4, -0.2) is 55.4 Å². The number of sulfonamides is 1. The molecule has 31 heavy (non-hydrogen) atoms. The lowest BCUT2D eigenvalue weighted by Crippen LogP contribution is -2.47. The van der Waals surface area contributed by atoms with Gasteiger partial charge in [-0.15, -0.1) is 0 Å². The van der Waals surface area contributed by atoms with Crippen LogP contribution in [0.3, 0.4) is 0 Å². The number of urea groups is 1. The van der Waals surface area contributed by atoms with Gasteiger partial charge in [0.2, 0.25) is 10.0 Å². The van der Waals surface area contributed by atoms with E-state index in [1.807, 2.05) is 38.1 Å². The molecule has 0 saturated carbocycles. The summed E-state index contributed by atoms with van der Waals surface area (Å²) in [7, 11) is -3.66. The first-order chi connectivity index (χ1) is 14.9. The Bertz CT molecular complexity index is 1060. The van der Waals surface area contributed by atoms with E-state index in [0.717, 1.165) is 11.1 Å². The third-order valence-electron chi connectivity index (χ3n) is 6.18. The summed E-state index contributed by atoms with van der Waals surface area (Å²) < 4.78 is 34.3. The van der Waals surface area contributed by atoms with Gasteiger partial charge in [-0.25, -0.2) is 13.2 Å². The largest absolute Gasteiger partial charge is 0.487 e. The van der Waals surface area contributed by atoms with Crippen LogP contribution < -0.4 is 10.1 Å². The van der Waals surface area contributed by atoms with Gasteiger partial charge in [0.05, 0.1) is 6.04 Å². The molecule has 2 heterocycles. The summed E-state index contributed by atoms with van der Waals surface area (Å²) in [6.07, 6.45) is 0.805. The zero-order valence-electron chi connectivity index (χ0n) is 18.0. The highest BCUT2D eigenvalue weighted by Crippen LogP contribution is 2.36. The highest BCUT2D eigenvalue weighted by atomic mass is 32.2. The van der Waals surface area contributed by atoms with Crippen LogP contribution in [0.5, 0.6) is 5.75 Å². The maximum atomic E-state index is 13.3. The second kappa shape index (κ2) is 8.88. The first-order valence-electron chi connectivity index (χ1n) is 10.8. The molecule has 1 fully saturated rings. The fraction of sp³-hybridized carbons (Fsp3) is 0.435. The minimum Gasteiger partial charge on any atom is -0.487 e. The van der Waals surface area contributed by atoms with Gasteiger partial charge in [-0.2, -0.15) is 4.31 Å². The van der Waals surface area contributed by atoms with Crippen LogP contribution in [0.25, 0.3) is 0 Å². The van der Waals surface area contributed by atoms with Gasteiger partial charge in [0.15, 0.2) is 0 Å². The summed E-state index contributed by atoms with van der Waals surface area (Å²) in [6.45, 7) is 5.69. The van der Waals surface area contributed by atoms with Gasteiger partial charge in [-0.1, -0.05) is 43.3 Å². The number of likely N-dealkylation sites (N-methyl/N-ethyl adjacent to an activating group) is 1. The molecular weight excluding hydrogens is 414 g/mol. The standard InChI is InChI=1S/C23H29N3O4S/c1-3-26-19-12-14-25(23(27)24-16-18-9-5-4-8-17(18)2)15-13-20(19)30-21-10-6-7-11-22(21)31(26,28)29/h4-11,19-20H,3,12-16H2,1-2H3,(H,24,27)/t19-,20-/m1/s1. The minimum absolute atomic E-state index is 0.133. The number of aryl methyl sites for hydroxylation is 1. The van der Waals surface area contributed by atoms with Crippen molar-refractivity contribution < 1.29 is 17.9 Å². The van der Waals surface area contributed by atoms with Crippen LogP contribution in [0.15, 0.2) is 53.4 Å². The second-order valence-corrected chi connectivity index (χ2v) is 9.89. The molecule has 0 aromatic heterocycles. The number of hydrogen-bond donors (Lipinski definition) is 1. The summed E-state index contributed by atoms with van der Waals surface area (Å²) in [5.74, 6) is 0.394. The van der Waals surface area contributed by atoms with E-state index in [-0.39, 0.29) is 23.1 Å². The summed E-state index contributed by atoms with van der Waals surface area (Å²) >= 11 is 0. The molecule has 0 aliphatic carbocycles. The molecule has 2 aromatic carbocycles. The number of carbonyl (C=O) groups excluding carboxylic acids is 1. The Morgan fingerprint density at radius 1 is 1.10 bits per heavy atom. The van der Waals surface area contributed by atoms with Crippen LogP contribution >= 0.6 is 0 Å². The van der Waals surface area contributed by atoms with Crippen LogP contribution in [0.2, 0.25) is 0 Å². The van der Waals surface area contributed by atoms with Crippen molar-refractivity contribution in [3.8, 4) is 5.75 Å². The number of fused-ring (bicyclic) bond motifs is 2. The van der Waals surface area contributed by atoms with Gasteiger partial charge >= 0.3 is 6.03 Å². The van der Waals surface area contributed by atoms with Gasteiger partial charge in [0.1, 0.15) is 16.7 Å². The Morgan fingerprint density at radius 3 is 2.58 bits per heavy atom. The monoisotopic (exact) mass is 443 g/mol. The Hall–Kier alpha value is -2.58. The Balaban J connectivity index is 1.50. The average Bonchev–Trinajstić information content (AvgIpc) is 3.01. The molecular formula is C23H29N3O4S. The third kappa shape index (κ3) is 4.27. The van der Waals surface area contributed by atoms with Crippen molar-refractivity contribution in [2.24, 2.45) is 0 Å². The fourth-order valence-electron chi connectivity index (χ4n) is 4.46. The van der Waals surface area contributed by atoms with Crippen LogP contribution in [0.1, 0.15) is 30.9 Å². The van der Waals surface area contributed by atoms with E-state index in [0.29, 0.717) is 44.8 Å². The molecule has 2 amide bonds. The predicted octanol–water partition coefficient (Wildman–Crippen LogP) is 3.14. The predicted molar refractivity (Wildman–Crippen MR) is 118 cm³/mol. The fourth-order valence-corrected chi connectivity index (χ4v) is 6.27. The molecule has 2 atom stereocenters. The van der Waals surface area contributed by atoms with Gasteiger partial charge < -0.3 is 15.0 Å². The lowest BCUT2D eigenvalue weighted by Gasteiger charge is -2.30. The summed E-state index contributed by atoms with van der Waals surface area (Å²) in [6, 6.07) is 14.3. The van der Waals surface area contributed by atoms with Crippen molar-refractivity contribution in [3.05, 3.63) is 59.7 Å². The molecule has 4 rings (SSSR count). The SMILES string of the molecule is CCN1[C@@H]2CCN(C(=O)NCc3ccccc3C)CC[C@H]2Oc2ccccc2S1(=O)=O. The lowest BCUT2D eigenvalue weighted by atomic mass is 10.1. The van der Waals surface area contributed by atoms with E-state index in [2.05, 4.69) is 5.32 Å². The molecule has 2 aromatic rings. The molecule has 1 saturated heterocycles. The number of nitrogens with zero attached hydrogens (tertiary/aromatic N) is 2. The first kappa shape index (κ1) is 21.6. The molecule has 1 N–H and O–H groups in total. The molecule has 0 spiro atoms. The topological polar surface area (TPSA) is 79.0 Å². The molecule has 2 aliphatic heterocycles. The van der Waals surface area contributed by atoms with Gasteiger partial charge in [0.25, 0.3) is 0 Å². The van der Waals surface area contributed by atoms with E-state index in [4.69, 9.17) is 4.74 Å². The Labute approximate surface area is 184 Å². The van der Waals surface area contributed by atoms with Crippen LogP contribution in [-0.2, 0) is 16.6 Å². The molecule has 7 nitrogen and oxygen atoms in total. The summed E-state index contributed by atoms with van der Waals surface area (Å²) in [5, 5.41) is 3.00. The quantitative estimate of drug-likeness (QED) is 0.791. The van der Waals surface area contributed by atoms with Crippen molar-refractivity contribution in [2.75, 3.05) is 19.6 Å². The maximum Gasteiger partial charge on any atom is 0.317 e. The Morgan fingerprint density at radius 2 is 1.81 bits per heavy atom. The molecule has 0 bridgehead atoms. The smallest absolute Gasteiger partial charge is 0.317 e. The number of benzene rings is 2. The van der Waals surface area contributed by atoms with E-state index >= 15 is 0 Å². The van der Waals surface area contributed by atoms with Crippen LogP contribution in [0.4, 0.5) is 4.79 Å². The Kier molecular flexibility index (Phi) is 6.20. The van der Waals surface area contributed by atoms with Crippen molar-refractivity contribution >= 4 is 16.1 Å². The lowest BCUT2D eigenvalue weighted by molar-refractivity contribution is 0.115. The van der Waals surface area contributed by atoms with Gasteiger partial charge in [-0.05, 0) is 36.6 Å². The molecule has 8 heteroatoms. The zero-order chi connectivity index (χ0) is 22.0. The summed E-state index contributed by atoms with van der Waals surface area (Å²) in [5.41, 5.74) is 2.22. The van der Waals surface area contributed by atoms with Crippen molar-refractivity contribution in [1.82, 2.24) is 14.5 Å². The van der Waals surface area contributed by atoms with E-state index in [9.17, 15) is 13.2 Å². The van der Waals surface area contributed by atoms with Crippen molar-refractivity contribution in [1.29, 1.82) is 0 Å². The highest BCUT2D eigenvalue weighted by Gasteiger charge is 2.42. The molecule has 2 aliphatic rings. The normalized spacial score (nSPS) is 23.0. The first-order valence-corrected chi connectivity index (χ1v) is 12.2. The number of rotatable bonds is 3. The van der Waals surface area contributed by atoms with Gasteiger partial charge in [-0.3, -0.25) is 0 Å². The van der Waals surface area contributed by atoms with Crippen molar-refractivity contribution in [2.45, 2.75) is 50.3 Å². The van der Waals surface area contributed by atoms with E-state index in [1.54, 1.807) is 29.2 Å². The number of para-hydroxylation sites is 1. The highest BCUT2D eigenvalue weighted by molar-refractivity contribution is 7.89. The molecule has 0 unspecified atom stereocenters. The number of carbonyl (C=O) groups is 1. The number of likely N-dealkylation sites (tertiary alicyclic amines) is 1. The van der Waals surface area contributed by atoms with Gasteiger partial charge in [0, 0.05) is 32.6 Å². The summed E-state index contributed by atoms with van der Waals surface area (Å²) in [4.78, 5) is 14.8. The van der Waals surface area contributed by atoms with Crippen molar-refractivity contribution in [3.63, 3.8) is 0 Å². The third-order valence-corrected chi connectivity index (χ3v) is 8.22. The zero-order valence-corrected chi connectivity index (χ0v) is 18.8. The minimum atomic E-state index is -3.66.